The number of pyridine rings is 1. The van der Waals surface area contributed by atoms with E-state index in [-0.39, 0.29) is 22.9 Å². The SMILES string of the molecule is CC(=O)N1CCN(C(=O)CCc2c(C)[nH]c(=O)c(C#N)c2C)CC1. The lowest BCUT2D eigenvalue weighted by Gasteiger charge is -2.34. The number of aromatic nitrogens is 1. The summed E-state index contributed by atoms with van der Waals surface area (Å²) in [5, 5.41) is 9.09. The van der Waals surface area contributed by atoms with Crippen LogP contribution in [-0.4, -0.2) is 52.8 Å². The van der Waals surface area contributed by atoms with E-state index in [0.717, 1.165) is 5.56 Å². The lowest BCUT2D eigenvalue weighted by atomic mass is 9.99. The number of H-pyrrole nitrogens is 1. The van der Waals surface area contributed by atoms with Crippen LogP contribution in [0.15, 0.2) is 4.79 Å². The molecule has 1 N–H and O–H groups in total. The summed E-state index contributed by atoms with van der Waals surface area (Å²) in [4.78, 5) is 41.6. The largest absolute Gasteiger partial charge is 0.339 e. The molecule has 24 heavy (non-hydrogen) atoms. The van der Waals surface area contributed by atoms with Gasteiger partial charge in [-0.1, -0.05) is 0 Å². The van der Waals surface area contributed by atoms with Gasteiger partial charge in [0.15, 0.2) is 0 Å². The van der Waals surface area contributed by atoms with Crippen LogP contribution in [0.1, 0.15) is 35.7 Å². The Morgan fingerprint density at radius 2 is 1.75 bits per heavy atom. The molecule has 1 aliphatic heterocycles. The fourth-order valence-electron chi connectivity index (χ4n) is 3.08. The van der Waals surface area contributed by atoms with Crippen molar-refractivity contribution in [2.45, 2.75) is 33.6 Å². The zero-order valence-corrected chi connectivity index (χ0v) is 14.3. The second-order valence-electron chi connectivity index (χ2n) is 6.06. The summed E-state index contributed by atoms with van der Waals surface area (Å²) in [6.45, 7) is 7.28. The van der Waals surface area contributed by atoms with E-state index in [1.807, 2.05) is 6.07 Å². The Morgan fingerprint density at radius 1 is 1.17 bits per heavy atom. The minimum absolute atomic E-state index is 0.0294. The average Bonchev–Trinajstić information content (AvgIpc) is 2.54. The molecule has 1 aliphatic rings. The molecule has 0 spiro atoms. The van der Waals surface area contributed by atoms with Gasteiger partial charge in [0.2, 0.25) is 11.8 Å². The van der Waals surface area contributed by atoms with E-state index in [1.54, 1.807) is 23.6 Å². The number of carbonyl (C=O) groups excluding carboxylic acids is 2. The molecule has 0 unspecified atom stereocenters. The van der Waals surface area contributed by atoms with Crippen molar-refractivity contribution in [2.75, 3.05) is 26.2 Å². The molecule has 2 heterocycles. The number of nitriles is 1. The fraction of sp³-hybridized carbons (Fsp3) is 0.529. The maximum atomic E-state index is 12.4. The van der Waals surface area contributed by atoms with Crippen LogP contribution >= 0.6 is 0 Å². The average molecular weight is 330 g/mol. The first-order valence-electron chi connectivity index (χ1n) is 8.01. The zero-order valence-electron chi connectivity index (χ0n) is 14.3. The van der Waals surface area contributed by atoms with Crippen molar-refractivity contribution in [3.8, 4) is 6.07 Å². The predicted octanol–water partition coefficient (Wildman–Crippen LogP) is 0.487. The van der Waals surface area contributed by atoms with Gasteiger partial charge < -0.3 is 14.8 Å². The molecule has 0 atom stereocenters. The molecule has 2 rings (SSSR count). The smallest absolute Gasteiger partial charge is 0.266 e. The van der Waals surface area contributed by atoms with Crippen LogP contribution in [0.2, 0.25) is 0 Å². The highest BCUT2D eigenvalue weighted by molar-refractivity contribution is 5.77. The van der Waals surface area contributed by atoms with Crippen molar-refractivity contribution in [3.63, 3.8) is 0 Å². The summed E-state index contributed by atoms with van der Waals surface area (Å²) >= 11 is 0. The molecule has 1 aromatic rings. The van der Waals surface area contributed by atoms with Crippen LogP contribution in [-0.2, 0) is 16.0 Å². The van der Waals surface area contributed by atoms with E-state index in [9.17, 15) is 14.4 Å². The number of amides is 2. The van der Waals surface area contributed by atoms with Crippen molar-refractivity contribution in [1.82, 2.24) is 14.8 Å². The van der Waals surface area contributed by atoms with Crippen LogP contribution in [0.5, 0.6) is 0 Å². The van der Waals surface area contributed by atoms with Crippen molar-refractivity contribution in [2.24, 2.45) is 0 Å². The summed E-state index contributed by atoms with van der Waals surface area (Å²) in [7, 11) is 0. The summed E-state index contributed by atoms with van der Waals surface area (Å²) in [5.74, 6) is 0.0623. The Kier molecular flexibility index (Phi) is 5.39. The number of carbonyl (C=O) groups is 2. The Labute approximate surface area is 140 Å². The number of aryl methyl sites for hydroxylation is 1. The molecule has 0 bridgehead atoms. The number of aromatic amines is 1. The maximum absolute atomic E-state index is 12.4. The molecular formula is C17H22N4O3. The van der Waals surface area contributed by atoms with Gasteiger partial charge in [0.1, 0.15) is 11.6 Å². The Balaban J connectivity index is 2.02. The number of piperazine rings is 1. The molecule has 1 saturated heterocycles. The predicted molar refractivity (Wildman–Crippen MR) is 88.4 cm³/mol. The summed E-state index contributed by atoms with van der Waals surface area (Å²) in [6, 6.07) is 1.92. The van der Waals surface area contributed by atoms with Crippen LogP contribution < -0.4 is 5.56 Å². The third-order valence-electron chi connectivity index (χ3n) is 4.59. The maximum Gasteiger partial charge on any atom is 0.266 e. The van der Waals surface area contributed by atoms with E-state index < -0.39 is 0 Å². The van der Waals surface area contributed by atoms with E-state index >= 15 is 0 Å². The molecule has 0 aromatic carbocycles. The lowest BCUT2D eigenvalue weighted by Crippen LogP contribution is -2.50. The van der Waals surface area contributed by atoms with Crippen molar-refractivity contribution in [3.05, 3.63) is 32.7 Å². The van der Waals surface area contributed by atoms with Gasteiger partial charge in [-0.3, -0.25) is 14.4 Å². The Hall–Kier alpha value is -2.62. The molecule has 7 heteroatoms. The van der Waals surface area contributed by atoms with Gasteiger partial charge in [-0.25, -0.2) is 0 Å². The third-order valence-corrected chi connectivity index (χ3v) is 4.59. The van der Waals surface area contributed by atoms with Gasteiger partial charge >= 0.3 is 0 Å². The Morgan fingerprint density at radius 3 is 2.29 bits per heavy atom. The number of nitrogens with one attached hydrogen (secondary N) is 1. The van der Waals surface area contributed by atoms with Gasteiger partial charge in [0, 0.05) is 45.2 Å². The second kappa shape index (κ2) is 7.30. The minimum atomic E-state index is -0.386. The number of hydrogen-bond donors (Lipinski definition) is 1. The molecule has 0 radical (unpaired) electrons. The van der Waals surface area contributed by atoms with Crippen LogP contribution in [0, 0.1) is 25.2 Å². The van der Waals surface area contributed by atoms with E-state index in [4.69, 9.17) is 5.26 Å². The van der Waals surface area contributed by atoms with Crippen LogP contribution in [0.25, 0.3) is 0 Å². The number of rotatable bonds is 3. The highest BCUT2D eigenvalue weighted by Gasteiger charge is 2.22. The lowest BCUT2D eigenvalue weighted by molar-refractivity contribution is -0.138. The standard InChI is InChI=1S/C17H22N4O3/c1-11-14(12(2)19-17(24)15(11)10-18)4-5-16(23)21-8-6-20(7-9-21)13(3)22/h4-9H2,1-3H3,(H,19,24). The molecule has 7 nitrogen and oxygen atoms in total. The summed E-state index contributed by atoms with van der Waals surface area (Å²) in [5.41, 5.74) is 1.92. The molecule has 1 fully saturated rings. The molecule has 2 amide bonds. The molecular weight excluding hydrogens is 308 g/mol. The van der Waals surface area contributed by atoms with Gasteiger partial charge in [0.25, 0.3) is 5.56 Å². The Bertz CT molecular complexity index is 752. The van der Waals surface area contributed by atoms with Crippen LogP contribution in [0.4, 0.5) is 0 Å². The fourth-order valence-corrected chi connectivity index (χ4v) is 3.08. The monoisotopic (exact) mass is 330 g/mol. The van der Waals surface area contributed by atoms with Gasteiger partial charge in [-0.15, -0.1) is 0 Å². The normalized spacial score (nSPS) is 14.4. The topological polar surface area (TPSA) is 97.3 Å². The third kappa shape index (κ3) is 3.65. The highest BCUT2D eigenvalue weighted by atomic mass is 16.2. The first-order chi connectivity index (χ1) is 11.3. The van der Waals surface area contributed by atoms with Gasteiger partial charge in [-0.05, 0) is 31.4 Å². The minimum Gasteiger partial charge on any atom is -0.339 e. The first kappa shape index (κ1) is 17.7. The molecule has 1 aromatic heterocycles. The number of hydrogen-bond acceptors (Lipinski definition) is 4. The summed E-state index contributed by atoms with van der Waals surface area (Å²) < 4.78 is 0. The highest BCUT2D eigenvalue weighted by Crippen LogP contribution is 2.16. The molecule has 0 saturated carbocycles. The van der Waals surface area contributed by atoms with Crippen molar-refractivity contribution in [1.29, 1.82) is 5.26 Å². The van der Waals surface area contributed by atoms with E-state index in [2.05, 4.69) is 4.98 Å². The zero-order chi connectivity index (χ0) is 17.9. The summed E-state index contributed by atoms with van der Waals surface area (Å²) in [6.07, 6.45) is 0.799. The quantitative estimate of drug-likeness (QED) is 0.872. The van der Waals surface area contributed by atoms with Gasteiger partial charge in [0.05, 0.1) is 0 Å². The number of nitrogens with zero attached hydrogens (tertiary/aromatic N) is 3. The van der Waals surface area contributed by atoms with Crippen molar-refractivity contribution >= 4 is 11.8 Å². The molecule has 128 valence electrons. The second-order valence-corrected chi connectivity index (χ2v) is 6.06. The van der Waals surface area contributed by atoms with E-state index in [0.29, 0.717) is 50.3 Å². The van der Waals surface area contributed by atoms with E-state index in [1.165, 1.54) is 6.92 Å². The van der Waals surface area contributed by atoms with Gasteiger partial charge in [-0.2, -0.15) is 5.26 Å². The molecule has 0 aliphatic carbocycles. The van der Waals surface area contributed by atoms with Crippen LogP contribution in [0.3, 0.4) is 0 Å². The van der Waals surface area contributed by atoms with Crippen molar-refractivity contribution < 1.29 is 9.59 Å². The first-order valence-corrected chi connectivity index (χ1v) is 8.01.